The van der Waals surface area contributed by atoms with Crippen LogP contribution in [0.25, 0.3) is 0 Å². The third-order valence-corrected chi connectivity index (χ3v) is 3.22. The second-order valence-electron chi connectivity index (χ2n) is 3.07. The van der Waals surface area contributed by atoms with Crippen molar-refractivity contribution >= 4 is 10.7 Å². The Bertz CT molecular complexity index is 369. The van der Waals surface area contributed by atoms with Crippen LogP contribution in [0.4, 0.5) is 4.39 Å². The fraction of sp³-hybridized carbons (Fsp3) is 0.500. The van der Waals surface area contributed by atoms with Gasteiger partial charge in [-0.15, -0.1) is 0 Å². The molecule has 0 radical (unpaired) electrons. The molecule has 0 unspecified atom stereocenters. The first-order valence-corrected chi connectivity index (χ1v) is 5.38. The molecule has 0 spiro atoms. The van der Waals surface area contributed by atoms with Gasteiger partial charge in [0.15, 0.2) is 5.82 Å². The van der Waals surface area contributed by atoms with E-state index in [0.717, 1.165) is 12.4 Å². The smallest absolute Gasteiger partial charge is 0.159 e. The molecule has 6 heteroatoms. The van der Waals surface area contributed by atoms with Crippen LogP contribution < -0.4 is 0 Å². The summed E-state index contributed by atoms with van der Waals surface area (Å²) in [6.07, 6.45) is 2.06. The van der Waals surface area contributed by atoms with Gasteiger partial charge in [0.25, 0.3) is 0 Å². The van der Waals surface area contributed by atoms with Crippen LogP contribution in [0.15, 0.2) is 12.4 Å². The maximum atomic E-state index is 12.5. The average Bonchev–Trinajstić information content (AvgIpc) is 2.16. The van der Waals surface area contributed by atoms with Crippen LogP contribution >= 0.6 is 0 Å². The molecule has 0 aromatic carbocycles. The van der Waals surface area contributed by atoms with Crippen LogP contribution in [0.5, 0.6) is 0 Å². The first-order valence-electron chi connectivity index (χ1n) is 4.13. The lowest BCUT2D eigenvalue weighted by Crippen LogP contribution is -2.16. The predicted octanol–water partition coefficient (Wildman–Crippen LogP) is 0.719. The van der Waals surface area contributed by atoms with E-state index in [1.807, 2.05) is 0 Å². The van der Waals surface area contributed by atoms with Gasteiger partial charge in [0.2, 0.25) is 0 Å². The number of hydrogen-bond acceptors (Lipinski definition) is 4. The van der Waals surface area contributed by atoms with Crippen molar-refractivity contribution in [3.63, 3.8) is 0 Å². The Kier molecular flexibility index (Phi) is 3.51. The summed E-state index contributed by atoms with van der Waals surface area (Å²) in [7, 11) is -2.51. The third kappa shape index (κ3) is 2.47. The van der Waals surface area contributed by atoms with Gasteiger partial charge in [-0.05, 0) is 6.92 Å². The quantitative estimate of drug-likeness (QED) is 0.759. The topological polar surface area (TPSA) is 59.9 Å². The van der Waals surface area contributed by atoms with E-state index in [0.29, 0.717) is 5.82 Å². The molecule has 0 aliphatic heterocycles. The Balaban J connectivity index is 2.89. The summed E-state index contributed by atoms with van der Waals surface area (Å²) in [6, 6.07) is 0. The molecule has 0 fully saturated rings. The van der Waals surface area contributed by atoms with Crippen molar-refractivity contribution in [3.05, 3.63) is 24.0 Å². The summed E-state index contributed by atoms with van der Waals surface area (Å²) in [5, 5.41) is -0.546. The fourth-order valence-corrected chi connectivity index (χ4v) is 1.45. The van der Waals surface area contributed by atoms with Crippen LogP contribution in [0.1, 0.15) is 25.6 Å². The molecule has 78 valence electrons. The number of halogens is 1. The van der Waals surface area contributed by atoms with E-state index >= 15 is 0 Å². The molecule has 2 atom stereocenters. The largest absolute Gasteiger partial charge is 0.238 e. The van der Waals surface area contributed by atoms with Gasteiger partial charge in [-0.3, -0.25) is 0 Å². The number of rotatable bonds is 3. The molecular weight excluding hydrogens is 207 g/mol. The zero-order chi connectivity index (χ0) is 10.7. The monoisotopic (exact) mass is 218 g/mol. The van der Waals surface area contributed by atoms with Crippen molar-refractivity contribution in [1.29, 1.82) is 0 Å². The minimum atomic E-state index is -2.51. The van der Waals surface area contributed by atoms with Crippen LogP contribution in [0.2, 0.25) is 0 Å². The van der Waals surface area contributed by atoms with Gasteiger partial charge < -0.3 is 0 Å². The highest BCUT2D eigenvalue weighted by molar-refractivity contribution is 7.73. The molecule has 0 saturated carbocycles. The van der Waals surface area contributed by atoms with E-state index in [1.165, 1.54) is 0 Å². The van der Waals surface area contributed by atoms with Crippen LogP contribution in [-0.4, -0.2) is 23.6 Å². The molecule has 0 bridgehead atoms. The summed E-state index contributed by atoms with van der Waals surface area (Å²) in [6.45, 7) is 3.27. The number of thiol groups is 1. The van der Waals surface area contributed by atoms with Gasteiger partial charge in [0.05, 0.1) is 17.6 Å². The molecule has 0 aliphatic carbocycles. The summed E-state index contributed by atoms with van der Waals surface area (Å²) < 4.78 is 33.8. The van der Waals surface area contributed by atoms with E-state index in [-0.39, 0.29) is 5.92 Å². The Hall–Kier alpha value is -1.04. The van der Waals surface area contributed by atoms with Crippen molar-refractivity contribution in [2.45, 2.75) is 25.0 Å². The predicted molar refractivity (Wildman–Crippen MR) is 50.2 cm³/mol. The van der Waals surface area contributed by atoms with Crippen LogP contribution in [-0.2, 0) is 10.7 Å². The fourth-order valence-electron chi connectivity index (χ4n) is 0.956. The van der Waals surface area contributed by atoms with Crippen molar-refractivity contribution in [3.8, 4) is 0 Å². The summed E-state index contributed by atoms with van der Waals surface area (Å²) >= 11 is 0. The van der Waals surface area contributed by atoms with E-state index in [1.54, 1.807) is 13.8 Å². The lowest BCUT2D eigenvalue weighted by Gasteiger charge is -2.11. The highest BCUT2D eigenvalue weighted by atomic mass is 32.2. The number of nitrogens with zero attached hydrogens (tertiary/aromatic N) is 2. The Labute approximate surface area is 83.2 Å². The molecule has 0 aliphatic rings. The Morgan fingerprint density at radius 1 is 1.29 bits per heavy atom. The van der Waals surface area contributed by atoms with Crippen molar-refractivity contribution in [2.24, 2.45) is 0 Å². The first kappa shape index (κ1) is 11.0. The average molecular weight is 218 g/mol. The minimum absolute atomic E-state index is 0.322. The van der Waals surface area contributed by atoms with E-state index < -0.39 is 21.8 Å². The zero-order valence-electron chi connectivity index (χ0n) is 7.85. The van der Waals surface area contributed by atoms with Gasteiger partial charge in [0, 0.05) is 5.92 Å². The van der Waals surface area contributed by atoms with Gasteiger partial charge in [-0.2, -0.15) is 0 Å². The van der Waals surface area contributed by atoms with Crippen molar-refractivity contribution < 1.29 is 12.8 Å². The molecule has 0 amide bonds. The summed E-state index contributed by atoms with van der Waals surface area (Å²) in [5.41, 5.74) is 0. The highest BCUT2D eigenvalue weighted by Crippen LogP contribution is 2.16. The normalized spacial score (nSPS) is 15.4. The first-order chi connectivity index (χ1) is 6.52. The van der Waals surface area contributed by atoms with E-state index in [4.69, 9.17) is 0 Å². The molecule has 0 N–H and O–H groups in total. The summed E-state index contributed by atoms with van der Waals surface area (Å²) in [4.78, 5) is 7.46. The van der Waals surface area contributed by atoms with Crippen LogP contribution in [0, 0.1) is 5.82 Å². The van der Waals surface area contributed by atoms with Gasteiger partial charge in [-0.25, -0.2) is 22.8 Å². The molecule has 4 nitrogen and oxygen atoms in total. The SMILES string of the molecule is C[C@@H](c1ncc(F)cn1)[C@H](C)[SH](=O)=O. The Morgan fingerprint density at radius 3 is 2.21 bits per heavy atom. The van der Waals surface area contributed by atoms with Crippen molar-refractivity contribution in [2.75, 3.05) is 0 Å². The lowest BCUT2D eigenvalue weighted by molar-refractivity contribution is 0.574. The zero-order valence-corrected chi connectivity index (χ0v) is 8.74. The highest BCUT2D eigenvalue weighted by Gasteiger charge is 2.19. The van der Waals surface area contributed by atoms with Gasteiger partial charge in [-0.1, -0.05) is 6.92 Å². The number of aromatic nitrogens is 2. The van der Waals surface area contributed by atoms with Crippen molar-refractivity contribution in [1.82, 2.24) is 9.97 Å². The van der Waals surface area contributed by atoms with Gasteiger partial charge in [0.1, 0.15) is 16.5 Å². The van der Waals surface area contributed by atoms with E-state index in [9.17, 15) is 12.8 Å². The van der Waals surface area contributed by atoms with Gasteiger partial charge >= 0.3 is 0 Å². The molecule has 1 aromatic heterocycles. The molecule has 1 rings (SSSR count). The molecule has 14 heavy (non-hydrogen) atoms. The molecular formula is C8H11FN2O2S. The molecule has 0 saturated heterocycles. The molecule has 1 aromatic rings. The standard InChI is InChI=1S/C8H11FN2O2S/c1-5(6(2)14(12)13)8-10-3-7(9)4-11-8/h3-6,14H,1-2H3/t5-,6+/m1/s1. The van der Waals surface area contributed by atoms with Crippen LogP contribution in [0.3, 0.4) is 0 Å². The maximum Gasteiger partial charge on any atom is 0.159 e. The van der Waals surface area contributed by atoms with E-state index in [2.05, 4.69) is 9.97 Å². The second-order valence-corrected chi connectivity index (χ2v) is 4.46. The Morgan fingerprint density at radius 2 is 1.79 bits per heavy atom. The lowest BCUT2D eigenvalue weighted by atomic mass is 10.1. The number of hydrogen-bond donors (Lipinski definition) is 1. The maximum absolute atomic E-state index is 12.5. The minimum Gasteiger partial charge on any atom is -0.238 e. The third-order valence-electron chi connectivity index (χ3n) is 2.10. The molecule has 1 heterocycles. The second kappa shape index (κ2) is 4.45. The summed E-state index contributed by atoms with van der Waals surface area (Å²) in [5.74, 6) is -0.505.